The van der Waals surface area contributed by atoms with Gasteiger partial charge in [-0.15, -0.1) is 0 Å². The molecule has 0 amide bonds. The van der Waals surface area contributed by atoms with E-state index in [0.717, 1.165) is 58.1 Å². The van der Waals surface area contributed by atoms with Crippen molar-refractivity contribution in [3.05, 3.63) is 118 Å². The van der Waals surface area contributed by atoms with Crippen molar-refractivity contribution in [3.63, 3.8) is 0 Å². The van der Waals surface area contributed by atoms with Gasteiger partial charge in [-0.05, 0) is 107 Å². The van der Waals surface area contributed by atoms with Gasteiger partial charge < -0.3 is 18.5 Å². The standard InChI is InChI=1S/C53H48BNO3/c1-27-14-12-17-30-31-18-13-15-28(2)47(31)55(46(27)30)29-24-33-43-36(25-29)57-48-41-40-42(51(5,6)21-23-53(40,9)22-20-50(41,3)4)49-45(48)54(43)44-37(58-49)26-35-38(39(44)52(33,7)8)32-16-10-11-19-34(32)56-35/h10-19,24-26H,20-23H2,1-9H3. The topological polar surface area (TPSA) is 36.5 Å². The molecule has 0 saturated heterocycles. The first-order valence-electron chi connectivity index (χ1n) is 21.5. The Kier molecular flexibility index (Phi) is 5.92. The van der Waals surface area contributed by atoms with Crippen molar-refractivity contribution in [2.24, 2.45) is 0 Å². The molecule has 1 unspecified atom stereocenters. The Labute approximate surface area is 340 Å². The Hall–Kier alpha value is -5.42. The largest absolute Gasteiger partial charge is 0.458 e. The van der Waals surface area contributed by atoms with Gasteiger partial charge in [-0.25, -0.2) is 0 Å². The summed E-state index contributed by atoms with van der Waals surface area (Å²) < 4.78 is 24.6. The average molecular weight is 758 g/mol. The summed E-state index contributed by atoms with van der Waals surface area (Å²) in [5.74, 6) is 4.00. The van der Waals surface area contributed by atoms with Crippen LogP contribution in [0.4, 0.5) is 0 Å². The molecule has 0 spiro atoms. The minimum Gasteiger partial charge on any atom is -0.458 e. The summed E-state index contributed by atoms with van der Waals surface area (Å²) in [5.41, 5.74) is 18.3. The number of furan rings is 1. The van der Waals surface area contributed by atoms with Crippen LogP contribution in [0.2, 0.25) is 0 Å². The molecule has 1 atom stereocenters. The van der Waals surface area contributed by atoms with Crippen LogP contribution in [-0.2, 0) is 21.7 Å². The second-order valence-electron chi connectivity index (χ2n) is 20.6. The maximum Gasteiger partial charge on any atom is 0.261 e. The normalized spacial score (nSPS) is 20.9. The van der Waals surface area contributed by atoms with Crippen LogP contribution in [0.5, 0.6) is 23.0 Å². The second-order valence-corrected chi connectivity index (χ2v) is 20.6. The molecule has 5 heterocycles. The van der Waals surface area contributed by atoms with E-state index in [4.69, 9.17) is 13.9 Å². The van der Waals surface area contributed by atoms with Gasteiger partial charge in [0.05, 0.1) is 16.7 Å². The monoisotopic (exact) mass is 757 g/mol. The molecule has 0 bridgehead atoms. The van der Waals surface area contributed by atoms with Crippen LogP contribution < -0.4 is 25.9 Å². The first-order valence-corrected chi connectivity index (χ1v) is 21.5. The third kappa shape index (κ3) is 3.77. The summed E-state index contributed by atoms with van der Waals surface area (Å²) in [6, 6.07) is 29.2. The number of nitrogens with zero attached hydrogens (tertiary/aromatic N) is 1. The van der Waals surface area contributed by atoms with Crippen molar-refractivity contribution in [1.82, 2.24) is 4.57 Å². The zero-order chi connectivity index (χ0) is 39.6. The van der Waals surface area contributed by atoms with Crippen molar-refractivity contribution in [3.8, 4) is 28.7 Å². The summed E-state index contributed by atoms with van der Waals surface area (Å²) in [5, 5.41) is 4.93. The van der Waals surface area contributed by atoms with Crippen molar-refractivity contribution in [1.29, 1.82) is 0 Å². The van der Waals surface area contributed by atoms with E-state index in [2.05, 4.69) is 146 Å². The fourth-order valence-corrected chi connectivity index (χ4v) is 12.9. The van der Waals surface area contributed by atoms with Crippen molar-refractivity contribution in [2.75, 3.05) is 0 Å². The smallest absolute Gasteiger partial charge is 0.261 e. The highest BCUT2D eigenvalue weighted by Gasteiger charge is 2.57. The molecular weight excluding hydrogens is 709 g/mol. The average Bonchev–Trinajstić information content (AvgIpc) is 3.73. The SMILES string of the molecule is Cc1cccc2c3cccc(C)c3n(-c3cc4c5c(c3)C(C)(C)c3c6c(cc7oc8ccccc8c37)Oc3c(c(c7c8c3C(C)(C)CCC8(C)CCC7(C)C)O4)B56)c12. The van der Waals surface area contributed by atoms with E-state index in [-0.39, 0.29) is 23.0 Å². The van der Waals surface area contributed by atoms with Crippen LogP contribution in [0.25, 0.3) is 49.4 Å². The van der Waals surface area contributed by atoms with Crippen LogP contribution in [0.3, 0.4) is 0 Å². The van der Waals surface area contributed by atoms with Gasteiger partial charge in [0.15, 0.2) is 0 Å². The minimum absolute atomic E-state index is 0.0347. The maximum absolute atomic E-state index is 7.72. The Balaban J connectivity index is 1.23. The molecular formula is C53H48BNO3. The van der Waals surface area contributed by atoms with Gasteiger partial charge in [-0.1, -0.05) is 103 Å². The maximum atomic E-state index is 7.72. The first-order chi connectivity index (χ1) is 27.7. The lowest BCUT2D eigenvalue weighted by molar-refractivity contribution is 0.233. The summed E-state index contributed by atoms with van der Waals surface area (Å²) in [4.78, 5) is 0. The van der Waals surface area contributed by atoms with Gasteiger partial charge in [0.25, 0.3) is 6.71 Å². The summed E-state index contributed by atoms with van der Waals surface area (Å²) in [7, 11) is 0. The molecule has 3 aliphatic heterocycles. The van der Waals surface area contributed by atoms with Gasteiger partial charge >= 0.3 is 0 Å². The zero-order valence-corrected chi connectivity index (χ0v) is 35.1. The zero-order valence-electron chi connectivity index (χ0n) is 35.1. The fourth-order valence-electron chi connectivity index (χ4n) is 12.9. The highest BCUT2D eigenvalue weighted by atomic mass is 16.5. The first kappa shape index (κ1) is 33.5. The molecule has 13 rings (SSSR count). The lowest BCUT2D eigenvalue weighted by Gasteiger charge is -2.54. The number of ether oxygens (including phenoxy) is 2. The van der Waals surface area contributed by atoms with E-state index in [1.165, 1.54) is 95.4 Å². The van der Waals surface area contributed by atoms with E-state index in [1.54, 1.807) is 0 Å². The van der Waals surface area contributed by atoms with E-state index in [9.17, 15) is 0 Å². The second kappa shape index (κ2) is 10.2. The van der Waals surface area contributed by atoms with Gasteiger partial charge in [0.2, 0.25) is 0 Å². The molecule has 0 saturated carbocycles. The number of benzene rings is 6. The van der Waals surface area contributed by atoms with Crippen LogP contribution in [0, 0.1) is 13.8 Å². The van der Waals surface area contributed by atoms with Gasteiger partial charge in [-0.2, -0.15) is 0 Å². The van der Waals surface area contributed by atoms with Crippen LogP contribution >= 0.6 is 0 Å². The Morgan fingerprint density at radius 1 is 0.552 bits per heavy atom. The van der Waals surface area contributed by atoms with E-state index in [1.807, 2.05) is 0 Å². The molecule has 8 aromatic rings. The third-order valence-corrected chi connectivity index (χ3v) is 15.9. The number of hydrogen-bond acceptors (Lipinski definition) is 3. The quantitative estimate of drug-likeness (QED) is 0.157. The molecule has 286 valence electrons. The lowest BCUT2D eigenvalue weighted by atomic mass is 9.29. The predicted octanol–water partition coefficient (Wildman–Crippen LogP) is 12.1. The fraction of sp³-hybridized carbons (Fsp3) is 0.321. The molecule has 6 aromatic carbocycles. The Bertz CT molecular complexity index is 3200. The molecule has 4 nitrogen and oxygen atoms in total. The van der Waals surface area contributed by atoms with E-state index in [0.29, 0.717) is 0 Å². The number of aryl methyl sites for hydroxylation is 2. The summed E-state index contributed by atoms with van der Waals surface area (Å²) in [6.45, 7) is 21.7. The van der Waals surface area contributed by atoms with Crippen LogP contribution in [0.15, 0.2) is 83.3 Å². The van der Waals surface area contributed by atoms with Crippen molar-refractivity contribution < 1.29 is 13.9 Å². The molecule has 5 aliphatic rings. The third-order valence-electron chi connectivity index (χ3n) is 15.9. The highest BCUT2D eigenvalue weighted by molar-refractivity contribution is 6.99. The summed E-state index contributed by atoms with van der Waals surface area (Å²) >= 11 is 0. The van der Waals surface area contributed by atoms with Gasteiger partial charge in [-0.3, -0.25) is 0 Å². The van der Waals surface area contributed by atoms with Gasteiger partial charge in [0, 0.05) is 55.7 Å². The molecule has 0 fully saturated rings. The summed E-state index contributed by atoms with van der Waals surface area (Å²) in [6.07, 6.45) is 4.60. The number of aromatic nitrogens is 1. The Morgan fingerprint density at radius 2 is 1.14 bits per heavy atom. The number of fused-ring (bicyclic) bond motifs is 9. The van der Waals surface area contributed by atoms with E-state index < -0.39 is 5.41 Å². The predicted molar refractivity (Wildman–Crippen MR) is 239 cm³/mol. The van der Waals surface area contributed by atoms with Gasteiger partial charge in [0.1, 0.15) is 34.2 Å². The van der Waals surface area contributed by atoms with Crippen molar-refractivity contribution in [2.45, 2.75) is 110 Å². The number of hydrogen-bond donors (Lipinski definition) is 0. The van der Waals surface area contributed by atoms with E-state index >= 15 is 0 Å². The lowest BCUT2D eigenvalue weighted by Crippen LogP contribution is -2.65. The minimum atomic E-state index is -0.420. The van der Waals surface area contributed by atoms with Crippen LogP contribution in [0.1, 0.15) is 113 Å². The van der Waals surface area contributed by atoms with Crippen molar-refractivity contribution >= 4 is 66.8 Å². The molecule has 2 aromatic heterocycles. The molecule has 58 heavy (non-hydrogen) atoms. The molecule has 5 heteroatoms. The number of rotatable bonds is 1. The Morgan fingerprint density at radius 3 is 1.78 bits per heavy atom. The molecule has 0 radical (unpaired) electrons. The highest BCUT2D eigenvalue weighted by Crippen LogP contribution is 2.62. The van der Waals surface area contributed by atoms with Crippen LogP contribution in [-0.4, -0.2) is 11.3 Å². The number of para-hydroxylation sites is 3. The molecule has 2 aliphatic carbocycles. The molecule has 0 N–H and O–H groups in total.